The average Bonchev–Trinajstić information content (AvgIpc) is 3.20. The number of rotatable bonds is 9. The number of allylic oxidation sites excluding steroid dienone is 1. The third-order valence-corrected chi connectivity index (χ3v) is 6.44. The SMILES string of the molecule is CC(C)=CCNC(=O)[C@@H]1CC(F)(F)CN1C(=O)[C@@H](O)[C@H](Cc1ccccc1)NC(=O)c1cccc(O)c1C. The van der Waals surface area contributed by atoms with E-state index in [1.54, 1.807) is 43.3 Å². The third-order valence-electron chi connectivity index (χ3n) is 6.44. The quantitative estimate of drug-likeness (QED) is 0.373. The number of aliphatic hydroxyl groups is 1. The summed E-state index contributed by atoms with van der Waals surface area (Å²) in [6.07, 6.45) is -1.07. The van der Waals surface area contributed by atoms with Gasteiger partial charge in [-0.1, -0.05) is 48.0 Å². The molecule has 3 amide bonds. The van der Waals surface area contributed by atoms with Crippen LogP contribution in [0.2, 0.25) is 0 Å². The Kier molecular flexibility index (Phi) is 9.22. The van der Waals surface area contributed by atoms with Crippen LogP contribution in [0.3, 0.4) is 0 Å². The number of nitrogens with one attached hydrogen (secondary N) is 2. The van der Waals surface area contributed by atoms with Crippen LogP contribution in [0.4, 0.5) is 8.78 Å². The van der Waals surface area contributed by atoms with Gasteiger partial charge in [0, 0.05) is 24.1 Å². The number of aliphatic hydroxyl groups excluding tert-OH is 1. The van der Waals surface area contributed by atoms with E-state index in [-0.39, 0.29) is 24.3 Å². The van der Waals surface area contributed by atoms with Crippen LogP contribution >= 0.6 is 0 Å². The maximum atomic E-state index is 14.4. The Labute approximate surface area is 220 Å². The van der Waals surface area contributed by atoms with Crippen LogP contribution in [0.15, 0.2) is 60.2 Å². The number of amides is 3. The minimum atomic E-state index is -3.31. The first-order chi connectivity index (χ1) is 17.9. The van der Waals surface area contributed by atoms with E-state index in [0.717, 1.165) is 5.57 Å². The molecular formula is C28H33F2N3O5. The number of alkyl halides is 2. The third kappa shape index (κ3) is 7.16. The Morgan fingerprint density at radius 1 is 1.13 bits per heavy atom. The fraction of sp³-hybridized carbons (Fsp3) is 0.393. The van der Waals surface area contributed by atoms with E-state index in [1.807, 2.05) is 13.8 Å². The molecular weight excluding hydrogens is 496 g/mol. The summed E-state index contributed by atoms with van der Waals surface area (Å²) in [4.78, 5) is 39.8. The van der Waals surface area contributed by atoms with Crippen molar-refractivity contribution in [3.8, 4) is 5.75 Å². The predicted octanol–water partition coefficient (Wildman–Crippen LogP) is 2.72. The molecule has 0 aromatic heterocycles. The van der Waals surface area contributed by atoms with Crippen LogP contribution in [0.25, 0.3) is 0 Å². The van der Waals surface area contributed by atoms with Gasteiger partial charge < -0.3 is 25.7 Å². The smallest absolute Gasteiger partial charge is 0.267 e. The molecule has 204 valence electrons. The standard InChI is InChI=1S/C28H33F2N3O5/c1-17(2)12-13-31-26(37)22-15-28(29,30)16-33(22)27(38)24(35)21(14-19-8-5-4-6-9-19)32-25(36)20-10-7-11-23(34)18(20)3/h4-12,21-22,24,34-35H,13-16H2,1-3H3,(H,31,37)(H,32,36)/t21-,22-,24-/m0/s1. The average molecular weight is 530 g/mol. The van der Waals surface area contributed by atoms with Crippen LogP contribution in [0.1, 0.15) is 41.8 Å². The van der Waals surface area contributed by atoms with Crippen molar-refractivity contribution in [3.05, 3.63) is 76.9 Å². The summed E-state index contributed by atoms with van der Waals surface area (Å²) in [6, 6.07) is 10.4. The first kappa shape index (κ1) is 28.8. The van der Waals surface area contributed by atoms with Gasteiger partial charge in [-0.25, -0.2) is 8.78 Å². The minimum absolute atomic E-state index is 0.0129. The van der Waals surface area contributed by atoms with Gasteiger partial charge >= 0.3 is 0 Å². The molecule has 1 heterocycles. The number of benzene rings is 2. The number of carbonyl (C=O) groups is 3. The lowest BCUT2D eigenvalue weighted by Gasteiger charge is -2.30. The van der Waals surface area contributed by atoms with Crippen molar-refractivity contribution in [2.45, 2.75) is 57.7 Å². The van der Waals surface area contributed by atoms with Crippen molar-refractivity contribution < 1.29 is 33.4 Å². The van der Waals surface area contributed by atoms with Gasteiger partial charge in [-0.3, -0.25) is 14.4 Å². The number of hydrogen-bond acceptors (Lipinski definition) is 5. The molecule has 0 spiro atoms. The highest BCUT2D eigenvalue weighted by atomic mass is 19.3. The van der Waals surface area contributed by atoms with Crippen LogP contribution in [-0.2, 0) is 16.0 Å². The molecule has 8 nitrogen and oxygen atoms in total. The van der Waals surface area contributed by atoms with E-state index in [2.05, 4.69) is 10.6 Å². The number of hydrogen-bond donors (Lipinski definition) is 4. The molecule has 1 fully saturated rings. The van der Waals surface area contributed by atoms with Gasteiger partial charge in [0.2, 0.25) is 5.91 Å². The van der Waals surface area contributed by atoms with Crippen molar-refractivity contribution >= 4 is 17.7 Å². The van der Waals surface area contributed by atoms with Crippen LogP contribution < -0.4 is 10.6 Å². The number of phenolic OH excluding ortho intramolecular Hbond substituents is 1. The lowest BCUT2D eigenvalue weighted by Crippen LogP contribution is -2.56. The van der Waals surface area contributed by atoms with Gasteiger partial charge in [-0.05, 0) is 44.9 Å². The van der Waals surface area contributed by atoms with Gasteiger partial charge in [0.05, 0.1) is 12.6 Å². The molecule has 2 aromatic carbocycles. The lowest BCUT2D eigenvalue weighted by atomic mass is 9.98. The van der Waals surface area contributed by atoms with E-state index in [9.17, 15) is 33.4 Å². The molecule has 1 aliphatic heterocycles. The number of likely N-dealkylation sites (tertiary alicyclic amines) is 1. The molecule has 0 radical (unpaired) electrons. The van der Waals surface area contributed by atoms with E-state index in [1.165, 1.54) is 18.2 Å². The summed E-state index contributed by atoms with van der Waals surface area (Å²) >= 11 is 0. The Balaban J connectivity index is 1.86. The van der Waals surface area contributed by atoms with E-state index >= 15 is 0 Å². The zero-order valence-corrected chi connectivity index (χ0v) is 21.6. The van der Waals surface area contributed by atoms with Crippen molar-refractivity contribution in [2.75, 3.05) is 13.1 Å². The maximum Gasteiger partial charge on any atom is 0.267 e. The zero-order chi connectivity index (χ0) is 28.0. The van der Waals surface area contributed by atoms with Crippen LogP contribution in [-0.4, -0.2) is 70.0 Å². The topological polar surface area (TPSA) is 119 Å². The molecule has 0 bridgehead atoms. The largest absolute Gasteiger partial charge is 0.508 e. The van der Waals surface area contributed by atoms with Gasteiger partial charge in [-0.15, -0.1) is 0 Å². The highest BCUT2D eigenvalue weighted by molar-refractivity contribution is 5.97. The van der Waals surface area contributed by atoms with Gasteiger partial charge in [0.25, 0.3) is 17.7 Å². The Bertz CT molecular complexity index is 1200. The second-order valence-electron chi connectivity index (χ2n) is 9.73. The van der Waals surface area contributed by atoms with Gasteiger partial charge in [0.1, 0.15) is 11.8 Å². The normalized spacial score (nSPS) is 17.8. The molecule has 0 aliphatic carbocycles. The summed E-state index contributed by atoms with van der Waals surface area (Å²) in [6.45, 7) is 4.27. The monoisotopic (exact) mass is 529 g/mol. The molecule has 1 aliphatic rings. The number of phenols is 1. The number of carbonyl (C=O) groups excluding carboxylic acids is 3. The Morgan fingerprint density at radius 3 is 2.47 bits per heavy atom. The lowest BCUT2D eigenvalue weighted by molar-refractivity contribution is -0.147. The second kappa shape index (κ2) is 12.2. The van der Waals surface area contributed by atoms with E-state index in [4.69, 9.17) is 0 Å². The number of aromatic hydroxyl groups is 1. The van der Waals surface area contributed by atoms with Crippen LogP contribution in [0, 0.1) is 6.92 Å². The molecule has 0 unspecified atom stereocenters. The predicted molar refractivity (Wildman–Crippen MR) is 138 cm³/mol. The van der Waals surface area contributed by atoms with Gasteiger partial charge in [-0.2, -0.15) is 0 Å². The van der Waals surface area contributed by atoms with Gasteiger partial charge in [0.15, 0.2) is 6.10 Å². The summed E-state index contributed by atoms with van der Waals surface area (Å²) < 4.78 is 28.8. The molecule has 1 saturated heterocycles. The molecule has 38 heavy (non-hydrogen) atoms. The number of halogens is 2. The second-order valence-corrected chi connectivity index (χ2v) is 9.73. The molecule has 10 heteroatoms. The fourth-order valence-electron chi connectivity index (χ4n) is 4.32. The molecule has 3 atom stereocenters. The molecule has 2 aromatic rings. The van der Waals surface area contributed by atoms with E-state index in [0.29, 0.717) is 16.0 Å². The summed E-state index contributed by atoms with van der Waals surface area (Å²) in [5.74, 6) is -5.91. The number of nitrogens with zero attached hydrogens (tertiary/aromatic N) is 1. The summed E-state index contributed by atoms with van der Waals surface area (Å²) in [5.41, 5.74) is 2.04. The highest BCUT2D eigenvalue weighted by Gasteiger charge is 2.51. The summed E-state index contributed by atoms with van der Waals surface area (Å²) in [7, 11) is 0. The molecule has 0 saturated carbocycles. The first-order valence-electron chi connectivity index (χ1n) is 12.3. The van der Waals surface area contributed by atoms with E-state index < -0.39 is 54.8 Å². The Morgan fingerprint density at radius 2 is 1.82 bits per heavy atom. The molecule has 3 rings (SSSR count). The Hall–Kier alpha value is -3.79. The van der Waals surface area contributed by atoms with Crippen molar-refractivity contribution in [1.82, 2.24) is 15.5 Å². The van der Waals surface area contributed by atoms with Crippen molar-refractivity contribution in [3.63, 3.8) is 0 Å². The highest BCUT2D eigenvalue weighted by Crippen LogP contribution is 2.33. The maximum absolute atomic E-state index is 14.4. The zero-order valence-electron chi connectivity index (χ0n) is 21.6. The van der Waals surface area contributed by atoms with Crippen molar-refractivity contribution in [1.29, 1.82) is 0 Å². The van der Waals surface area contributed by atoms with Crippen LogP contribution in [0.5, 0.6) is 5.75 Å². The first-order valence-corrected chi connectivity index (χ1v) is 12.3. The molecule has 4 N–H and O–H groups in total. The fourth-order valence-corrected chi connectivity index (χ4v) is 4.32. The minimum Gasteiger partial charge on any atom is -0.508 e. The van der Waals surface area contributed by atoms with Crippen molar-refractivity contribution in [2.24, 2.45) is 0 Å². The summed E-state index contributed by atoms with van der Waals surface area (Å²) in [5, 5.41) is 26.2.